The lowest BCUT2D eigenvalue weighted by atomic mass is 10.1. The van der Waals surface area contributed by atoms with Crippen LogP contribution in [0.2, 0.25) is 0 Å². The summed E-state index contributed by atoms with van der Waals surface area (Å²) in [7, 11) is 0. The van der Waals surface area contributed by atoms with Gasteiger partial charge in [0.15, 0.2) is 16.0 Å². The van der Waals surface area contributed by atoms with Gasteiger partial charge in [-0.15, -0.1) is 10.2 Å². The van der Waals surface area contributed by atoms with Crippen LogP contribution in [-0.4, -0.2) is 10.2 Å². The van der Waals surface area contributed by atoms with Crippen molar-refractivity contribution in [1.29, 1.82) is 0 Å². The average Bonchev–Trinajstić information content (AvgIpc) is 3.04. The highest BCUT2D eigenvalue weighted by Crippen LogP contribution is 2.37. The van der Waals surface area contributed by atoms with E-state index in [-0.39, 0.29) is 11.1 Å². The van der Waals surface area contributed by atoms with Gasteiger partial charge in [0.25, 0.3) is 0 Å². The maximum Gasteiger partial charge on any atom is 0.206 e. The maximum atomic E-state index is 13.3. The van der Waals surface area contributed by atoms with Crippen LogP contribution >= 0.6 is 23.1 Å². The van der Waals surface area contributed by atoms with Gasteiger partial charge in [-0.1, -0.05) is 41.3 Å². The van der Waals surface area contributed by atoms with Gasteiger partial charge in [0.05, 0.1) is 0 Å². The summed E-state index contributed by atoms with van der Waals surface area (Å²) in [5, 5.41) is 11.8. The number of benzene rings is 2. The first kappa shape index (κ1) is 17.8. The van der Waals surface area contributed by atoms with E-state index in [1.54, 1.807) is 18.2 Å². The Kier molecular flexibility index (Phi) is 5.60. The van der Waals surface area contributed by atoms with Crippen LogP contribution in [0.4, 0.5) is 18.3 Å². The molecule has 3 aromatic rings. The molecule has 0 fully saturated rings. The largest absolute Gasteiger partial charge is 0.356 e. The average molecular weight is 381 g/mol. The van der Waals surface area contributed by atoms with Crippen molar-refractivity contribution < 1.29 is 13.2 Å². The van der Waals surface area contributed by atoms with Crippen LogP contribution in [0, 0.1) is 17.5 Å². The fourth-order valence-electron chi connectivity index (χ4n) is 2.09. The number of nitrogens with one attached hydrogen (secondary N) is 1. The van der Waals surface area contributed by atoms with Crippen LogP contribution < -0.4 is 5.32 Å². The molecule has 1 heterocycles. The summed E-state index contributed by atoms with van der Waals surface area (Å²) in [6.07, 6.45) is 0. The van der Waals surface area contributed by atoms with Crippen molar-refractivity contribution in [2.45, 2.75) is 23.1 Å². The van der Waals surface area contributed by atoms with Crippen molar-refractivity contribution in [3.8, 4) is 0 Å². The predicted molar refractivity (Wildman–Crippen MR) is 94.3 cm³/mol. The number of aromatic nitrogens is 2. The predicted octanol–water partition coefficient (Wildman–Crippen LogP) is 5.42. The third kappa shape index (κ3) is 4.73. The molecule has 0 aliphatic heterocycles. The molecule has 0 aliphatic carbocycles. The van der Waals surface area contributed by atoms with E-state index in [2.05, 4.69) is 15.5 Å². The quantitative estimate of drug-likeness (QED) is 0.579. The minimum atomic E-state index is -0.858. The maximum absolute atomic E-state index is 13.3. The zero-order valence-corrected chi connectivity index (χ0v) is 14.8. The van der Waals surface area contributed by atoms with E-state index in [0.717, 1.165) is 16.0 Å². The lowest BCUT2D eigenvalue weighted by molar-refractivity contribution is 0.507. The van der Waals surface area contributed by atoms with E-state index >= 15 is 0 Å². The zero-order valence-electron chi connectivity index (χ0n) is 13.2. The first-order chi connectivity index (χ1) is 12.0. The van der Waals surface area contributed by atoms with Gasteiger partial charge in [0, 0.05) is 11.8 Å². The molecule has 1 N–H and O–H groups in total. The number of thioether (sulfide) groups is 1. The minimum Gasteiger partial charge on any atom is -0.356 e. The first-order valence-corrected chi connectivity index (χ1v) is 9.14. The van der Waals surface area contributed by atoms with Crippen molar-refractivity contribution in [2.24, 2.45) is 0 Å². The normalized spacial score (nSPS) is 12.2. The SMILES string of the molecule is C[C@H](Sc1nnc(NCc2ccc(F)cc2)s1)c1ccc(F)c(F)c1. The highest BCUT2D eigenvalue weighted by atomic mass is 32.2. The van der Waals surface area contributed by atoms with Crippen LogP contribution in [0.1, 0.15) is 23.3 Å². The molecule has 3 rings (SSSR count). The Balaban J connectivity index is 1.59. The molecule has 1 aromatic heterocycles. The molecule has 130 valence electrons. The fourth-order valence-corrected chi connectivity index (χ4v) is 4.10. The van der Waals surface area contributed by atoms with Gasteiger partial charge in [0.1, 0.15) is 5.82 Å². The van der Waals surface area contributed by atoms with Crippen LogP contribution in [0.15, 0.2) is 46.8 Å². The van der Waals surface area contributed by atoms with Crippen molar-refractivity contribution >= 4 is 28.2 Å². The van der Waals surface area contributed by atoms with Crippen molar-refractivity contribution in [2.75, 3.05) is 5.32 Å². The number of rotatable bonds is 6. The van der Waals surface area contributed by atoms with E-state index in [4.69, 9.17) is 0 Å². The third-order valence-electron chi connectivity index (χ3n) is 3.45. The number of halogens is 3. The molecule has 8 heteroatoms. The molecule has 0 unspecified atom stereocenters. The second kappa shape index (κ2) is 7.88. The van der Waals surface area contributed by atoms with Crippen LogP contribution in [0.25, 0.3) is 0 Å². The molecule has 0 amide bonds. The Morgan fingerprint density at radius 3 is 2.52 bits per heavy atom. The van der Waals surface area contributed by atoms with Gasteiger partial charge in [-0.3, -0.25) is 0 Å². The monoisotopic (exact) mass is 381 g/mol. The summed E-state index contributed by atoms with van der Waals surface area (Å²) < 4.78 is 39.9. The Hall–Kier alpha value is -2.06. The molecule has 0 aliphatic rings. The number of nitrogens with zero attached hydrogens (tertiary/aromatic N) is 2. The summed E-state index contributed by atoms with van der Waals surface area (Å²) in [4.78, 5) is 0. The summed E-state index contributed by atoms with van der Waals surface area (Å²) in [6, 6.07) is 10.1. The molecule has 3 nitrogen and oxygen atoms in total. The molecule has 2 aromatic carbocycles. The second-order valence-corrected chi connectivity index (χ2v) is 7.85. The zero-order chi connectivity index (χ0) is 17.8. The molecular weight excluding hydrogens is 367 g/mol. The molecule has 1 atom stereocenters. The van der Waals surface area contributed by atoms with E-state index in [1.807, 2.05) is 6.92 Å². The first-order valence-electron chi connectivity index (χ1n) is 7.44. The Bertz CT molecular complexity index is 853. The van der Waals surface area contributed by atoms with Gasteiger partial charge in [0.2, 0.25) is 5.13 Å². The number of anilines is 1. The Labute approximate surface area is 151 Å². The van der Waals surface area contributed by atoms with Gasteiger partial charge in [-0.25, -0.2) is 13.2 Å². The molecule has 0 radical (unpaired) electrons. The highest BCUT2D eigenvalue weighted by molar-refractivity contribution is 8.01. The van der Waals surface area contributed by atoms with Gasteiger partial charge < -0.3 is 5.32 Å². The number of hydrogen-bond donors (Lipinski definition) is 1. The standard InChI is InChI=1S/C17H14F3N3S2/c1-10(12-4-7-14(19)15(20)8-12)24-17-23-22-16(25-17)21-9-11-2-5-13(18)6-3-11/h2-8,10H,9H2,1H3,(H,21,22)/t10-/m0/s1. The van der Waals surface area contributed by atoms with Crippen LogP contribution in [0.5, 0.6) is 0 Å². The Morgan fingerprint density at radius 2 is 1.80 bits per heavy atom. The van der Waals surface area contributed by atoms with E-state index in [0.29, 0.717) is 17.2 Å². The van der Waals surface area contributed by atoms with Gasteiger partial charge >= 0.3 is 0 Å². The molecule has 0 spiro atoms. The smallest absolute Gasteiger partial charge is 0.206 e. The topological polar surface area (TPSA) is 37.8 Å². The highest BCUT2D eigenvalue weighted by Gasteiger charge is 2.14. The van der Waals surface area contributed by atoms with Gasteiger partial charge in [-0.2, -0.15) is 0 Å². The van der Waals surface area contributed by atoms with Crippen molar-refractivity contribution in [3.63, 3.8) is 0 Å². The molecular formula is C17H14F3N3S2. The summed E-state index contributed by atoms with van der Waals surface area (Å²) in [6.45, 7) is 2.41. The molecule has 0 saturated carbocycles. The third-order valence-corrected chi connectivity index (χ3v) is 5.58. The molecule has 0 saturated heterocycles. The summed E-state index contributed by atoms with van der Waals surface area (Å²) >= 11 is 2.80. The molecule has 25 heavy (non-hydrogen) atoms. The Morgan fingerprint density at radius 1 is 1.04 bits per heavy atom. The lowest BCUT2D eigenvalue weighted by Crippen LogP contribution is -1.98. The molecule has 0 bridgehead atoms. The van der Waals surface area contributed by atoms with Crippen LogP contribution in [0.3, 0.4) is 0 Å². The van der Waals surface area contributed by atoms with E-state index in [9.17, 15) is 13.2 Å². The fraction of sp³-hybridized carbons (Fsp3) is 0.176. The van der Waals surface area contributed by atoms with Crippen molar-refractivity contribution in [1.82, 2.24) is 10.2 Å². The van der Waals surface area contributed by atoms with Crippen LogP contribution in [-0.2, 0) is 6.54 Å². The second-order valence-electron chi connectivity index (χ2n) is 5.29. The van der Waals surface area contributed by atoms with E-state index < -0.39 is 11.6 Å². The van der Waals surface area contributed by atoms with Crippen molar-refractivity contribution in [3.05, 3.63) is 71.0 Å². The van der Waals surface area contributed by atoms with Gasteiger partial charge in [-0.05, 0) is 42.3 Å². The number of hydrogen-bond acceptors (Lipinski definition) is 5. The lowest BCUT2D eigenvalue weighted by Gasteiger charge is -2.09. The van der Waals surface area contributed by atoms with E-state index in [1.165, 1.54) is 41.3 Å². The minimum absolute atomic E-state index is 0.0898. The summed E-state index contributed by atoms with van der Waals surface area (Å²) in [5.41, 5.74) is 1.61. The summed E-state index contributed by atoms with van der Waals surface area (Å²) in [5.74, 6) is -1.99.